The fraction of sp³-hybridized carbons (Fsp3) is 0.600. The normalized spacial score (nSPS) is 13.1. The molecule has 0 spiro atoms. The van der Waals surface area contributed by atoms with E-state index in [0.29, 0.717) is 23.3 Å². The van der Waals surface area contributed by atoms with Crippen LogP contribution >= 0.6 is 11.3 Å². The topological polar surface area (TPSA) is 49.4 Å². The zero-order valence-electron chi connectivity index (χ0n) is 13.5. The zero-order chi connectivity index (χ0) is 16.3. The minimum atomic E-state index is -3.49. The summed E-state index contributed by atoms with van der Waals surface area (Å²) in [6, 6.07) is 2.13. The SMILES string of the molecule is C=CCN(C(C)(C)C)S(=O)(=O)c1cc(CNC(C)C)cs1. The first-order valence-corrected chi connectivity index (χ1v) is 9.35. The first-order valence-electron chi connectivity index (χ1n) is 7.03. The third-order valence-electron chi connectivity index (χ3n) is 2.93. The van der Waals surface area contributed by atoms with Gasteiger partial charge in [-0.05, 0) is 37.8 Å². The lowest BCUT2D eigenvalue weighted by molar-refractivity contribution is 0.270. The Balaban J connectivity index is 3.03. The number of nitrogens with zero attached hydrogens (tertiary/aromatic N) is 1. The summed E-state index contributed by atoms with van der Waals surface area (Å²) < 4.78 is 27.5. The summed E-state index contributed by atoms with van der Waals surface area (Å²) >= 11 is 1.27. The van der Waals surface area contributed by atoms with Crippen molar-refractivity contribution in [3.63, 3.8) is 0 Å². The average Bonchev–Trinajstić information content (AvgIpc) is 2.81. The lowest BCUT2D eigenvalue weighted by atomic mass is 10.1. The van der Waals surface area contributed by atoms with Crippen LogP contribution in [0.25, 0.3) is 0 Å². The number of hydrogen-bond acceptors (Lipinski definition) is 4. The second-order valence-electron chi connectivity index (χ2n) is 6.31. The lowest BCUT2D eigenvalue weighted by Gasteiger charge is -2.33. The number of rotatable bonds is 7. The molecule has 0 unspecified atom stereocenters. The molecule has 0 aliphatic rings. The molecule has 0 bridgehead atoms. The molecule has 21 heavy (non-hydrogen) atoms. The highest BCUT2D eigenvalue weighted by Crippen LogP contribution is 2.28. The highest BCUT2D eigenvalue weighted by atomic mass is 32.2. The van der Waals surface area contributed by atoms with Crippen LogP contribution in [0.4, 0.5) is 0 Å². The smallest absolute Gasteiger partial charge is 0.253 e. The van der Waals surface area contributed by atoms with Crippen LogP contribution in [0.15, 0.2) is 28.3 Å². The molecule has 6 heteroatoms. The van der Waals surface area contributed by atoms with Gasteiger partial charge in [-0.1, -0.05) is 19.9 Å². The van der Waals surface area contributed by atoms with Crippen molar-refractivity contribution in [3.05, 3.63) is 29.7 Å². The van der Waals surface area contributed by atoms with Crippen molar-refractivity contribution < 1.29 is 8.42 Å². The van der Waals surface area contributed by atoms with E-state index in [-0.39, 0.29) is 0 Å². The number of sulfonamides is 1. The Labute approximate surface area is 132 Å². The van der Waals surface area contributed by atoms with Gasteiger partial charge in [-0.25, -0.2) is 8.42 Å². The van der Waals surface area contributed by atoms with E-state index in [9.17, 15) is 8.42 Å². The molecule has 0 aliphatic carbocycles. The predicted octanol–water partition coefficient (Wildman–Crippen LogP) is 3.22. The van der Waals surface area contributed by atoms with Gasteiger partial charge < -0.3 is 5.32 Å². The Kier molecular flexibility index (Phi) is 6.16. The average molecular weight is 331 g/mol. The maximum atomic E-state index is 12.8. The van der Waals surface area contributed by atoms with Crippen molar-refractivity contribution in [2.75, 3.05) is 6.54 Å². The molecule has 0 radical (unpaired) electrons. The maximum Gasteiger partial charge on any atom is 0.253 e. The Morgan fingerprint density at radius 1 is 1.43 bits per heavy atom. The summed E-state index contributed by atoms with van der Waals surface area (Å²) in [6.07, 6.45) is 1.62. The Bertz CT molecular complexity index is 569. The Morgan fingerprint density at radius 2 is 2.05 bits per heavy atom. The van der Waals surface area contributed by atoms with Gasteiger partial charge in [0.05, 0.1) is 0 Å². The molecule has 0 atom stereocenters. The van der Waals surface area contributed by atoms with Crippen molar-refractivity contribution in [1.29, 1.82) is 0 Å². The van der Waals surface area contributed by atoms with Crippen LogP contribution in [0.3, 0.4) is 0 Å². The van der Waals surface area contributed by atoms with Crippen LogP contribution < -0.4 is 5.32 Å². The fourth-order valence-corrected chi connectivity index (χ4v) is 4.94. The van der Waals surface area contributed by atoms with E-state index < -0.39 is 15.6 Å². The third-order valence-corrected chi connectivity index (χ3v) is 6.53. The number of nitrogens with one attached hydrogen (secondary N) is 1. The van der Waals surface area contributed by atoms with Crippen LogP contribution in [0.1, 0.15) is 40.2 Å². The number of hydrogen-bond donors (Lipinski definition) is 1. The van der Waals surface area contributed by atoms with Crippen molar-refractivity contribution in [2.45, 2.75) is 57.0 Å². The molecular formula is C15H26N2O2S2. The second-order valence-corrected chi connectivity index (χ2v) is 9.31. The molecule has 0 saturated carbocycles. The first-order chi connectivity index (χ1) is 9.59. The van der Waals surface area contributed by atoms with E-state index in [0.717, 1.165) is 5.56 Å². The van der Waals surface area contributed by atoms with Crippen molar-refractivity contribution >= 4 is 21.4 Å². The second kappa shape index (κ2) is 7.05. The van der Waals surface area contributed by atoms with E-state index in [1.165, 1.54) is 15.6 Å². The number of thiophene rings is 1. The van der Waals surface area contributed by atoms with Crippen molar-refractivity contribution in [1.82, 2.24) is 9.62 Å². The molecule has 120 valence electrons. The molecule has 1 rings (SSSR count). The monoisotopic (exact) mass is 330 g/mol. The van der Waals surface area contributed by atoms with Gasteiger partial charge in [0.25, 0.3) is 10.0 Å². The lowest BCUT2D eigenvalue weighted by Crippen LogP contribution is -2.45. The van der Waals surface area contributed by atoms with Gasteiger partial charge in [-0.2, -0.15) is 4.31 Å². The van der Waals surface area contributed by atoms with E-state index in [4.69, 9.17) is 0 Å². The molecule has 0 aromatic carbocycles. The fourth-order valence-electron chi connectivity index (χ4n) is 1.86. The van der Waals surface area contributed by atoms with Crippen LogP contribution in [-0.4, -0.2) is 30.8 Å². The van der Waals surface area contributed by atoms with Crippen molar-refractivity contribution in [2.24, 2.45) is 0 Å². The minimum Gasteiger partial charge on any atom is -0.310 e. The molecule has 0 amide bonds. The van der Waals surface area contributed by atoms with E-state index in [1.807, 2.05) is 26.2 Å². The van der Waals surface area contributed by atoms with Gasteiger partial charge in [0.15, 0.2) is 0 Å². The van der Waals surface area contributed by atoms with Crippen LogP contribution in [0, 0.1) is 0 Å². The van der Waals surface area contributed by atoms with E-state index >= 15 is 0 Å². The van der Waals surface area contributed by atoms with Crippen molar-refractivity contribution in [3.8, 4) is 0 Å². The third kappa shape index (κ3) is 4.92. The molecule has 1 heterocycles. The largest absolute Gasteiger partial charge is 0.310 e. The summed E-state index contributed by atoms with van der Waals surface area (Å²) in [6.45, 7) is 14.5. The summed E-state index contributed by atoms with van der Waals surface area (Å²) in [5.41, 5.74) is 0.521. The van der Waals surface area contributed by atoms with Gasteiger partial charge in [0.1, 0.15) is 4.21 Å². The van der Waals surface area contributed by atoms with Gasteiger partial charge >= 0.3 is 0 Å². The Hall–Kier alpha value is -0.690. The van der Waals surface area contributed by atoms with Gasteiger partial charge in [0, 0.05) is 24.7 Å². The van der Waals surface area contributed by atoms with Gasteiger partial charge in [-0.15, -0.1) is 17.9 Å². The van der Waals surface area contributed by atoms with Crippen LogP contribution in [0.2, 0.25) is 0 Å². The quantitative estimate of drug-likeness (QED) is 0.781. The molecular weight excluding hydrogens is 304 g/mol. The first kappa shape index (κ1) is 18.4. The molecule has 1 aromatic heterocycles. The molecule has 4 nitrogen and oxygen atoms in total. The summed E-state index contributed by atoms with van der Waals surface area (Å²) in [7, 11) is -3.49. The molecule has 1 aromatic rings. The van der Waals surface area contributed by atoms with E-state index in [2.05, 4.69) is 25.7 Å². The standard InChI is InChI=1S/C15H26N2O2S2/c1-7-8-17(15(4,5)6)21(18,19)14-9-13(11-20-14)10-16-12(2)3/h7,9,11-12,16H,1,8,10H2,2-6H3. The molecule has 0 fully saturated rings. The highest BCUT2D eigenvalue weighted by molar-refractivity contribution is 7.91. The van der Waals surface area contributed by atoms with E-state index in [1.54, 1.807) is 12.1 Å². The predicted molar refractivity (Wildman–Crippen MR) is 90.1 cm³/mol. The summed E-state index contributed by atoms with van der Waals surface area (Å²) in [5, 5.41) is 5.19. The van der Waals surface area contributed by atoms with Crippen LogP contribution in [0.5, 0.6) is 0 Å². The Morgan fingerprint density at radius 3 is 2.52 bits per heavy atom. The molecule has 0 aliphatic heterocycles. The highest BCUT2D eigenvalue weighted by Gasteiger charge is 2.33. The maximum absolute atomic E-state index is 12.8. The molecule has 0 saturated heterocycles. The summed E-state index contributed by atoms with van der Waals surface area (Å²) in [5.74, 6) is 0. The summed E-state index contributed by atoms with van der Waals surface area (Å²) in [4.78, 5) is 0. The van der Waals surface area contributed by atoms with Gasteiger partial charge in [-0.3, -0.25) is 0 Å². The molecule has 1 N–H and O–H groups in total. The minimum absolute atomic E-state index is 0.309. The van der Waals surface area contributed by atoms with Gasteiger partial charge in [0.2, 0.25) is 0 Å². The van der Waals surface area contributed by atoms with Crippen LogP contribution in [-0.2, 0) is 16.6 Å². The zero-order valence-corrected chi connectivity index (χ0v) is 15.1.